The molecule has 1 aromatic heterocycles. The maximum atomic E-state index is 9.16. The molecule has 4 nitrogen and oxygen atoms in total. The predicted octanol–water partition coefficient (Wildman–Crippen LogP) is 3.81. The first kappa shape index (κ1) is 14.3. The second-order valence-corrected chi connectivity index (χ2v) is 4.70. The molecule has 0 aliphatic rings. The van der Waals surface area contributed by atoms with Gasteiger partial charge >= 0.3 is 0 Å². The summed E-state index contributed by atoms with van der Waals surface area (Å²) in [6.07, 6.45) is 7.59. The number of ether oxygens (including phenoxy) is 1. The largest absolute Gasteiger partial charge is 0.505 e. The Balaban J connectivity index is 1.88. The summed E-state index contributed by atoms with van der Waals surface area (Å²) in [6, 6.07) is 7.69. The highest BCUT2D eigenvalue weighted by Gasteiger charge is 2.01. The van der Waals surface area contributed by atoms with Crippen LogP contribution in [0.5, 0.6) is 11.5 Å². The lowest BCUT2D eigenvalue weighted by atomic mass is 10.2. The quantitative estimate of drug-likeness (QED) is 0.779. The zero-order valence-corrected chi connectivity index (χ0v) is 11.7. The molecule has 1 N–H and O–H groups in total. The Morgan fingerprint density at radius 3 is 2.35 bits per heavy atom. The molecule has 0 amide bonds. The average Bonchev–Trinajstić information content (AvgIpc) is 2.49. The van der Waals surface area contributed by atoms with Crippen LogP contribution in [0.1, 0.15) is 32.6 Å². The molecule has 0 unspecified atom stereocenters. The Morgan fingerprint density at radius 2 is 1.70 bits per heavy atom. The van der Waals surface area contributed by atoms with Crippen LogP contribution in [0, 0.1) is 0 Å². The second kappa shape index (κ2) is 7.48. The van der Waals surface area contributed by atoms with Gasteiger partial charge in [-0.05, 0) is 30.7 Å². The van der Waals surface area contributed by atoms with Gasteiger partial charge < -0.3 is 9.84 Å². The number of rotatable bonds is 7. The van der Waals surface area contributed by atoms with Gasteiger partial charge in [0.15, 0.2) is 11.6 Å². The summed E-state index contributed by atoms with van der Waals surface area (Å²) < 4.78 is 5.68. The van der Waals surface area contributed by atoms with Crippen molar-refractivity contribution in [2.24, 2.45) is 0 Å². The molecule has 0 saturated carbocycles. The van der Waals surface area contributed by atoms with Gasteiger partial charge in [-0.25, -0.2) is 9.97 Å². The zero-order chi connectivity index (χ0) is 14.2. The van der Waals surface area contributed by atoms with Gasteiger partial charge in [0.1, 0.15) is 5.75 Å². The lowest BCUT2D eigenvalue weighted by Crippen LogP contribution is -1.97. The Hall–Kier alpha value is -2.10. The van der Waals surface area contributed by atoms with E-state index in [1.165, 1.54) is 31.7 Å². The van der Waals surface area contributed by atoms with E-state index in [0.29, 0.717) is 5.82 Å². The first-order chi connectivity index (χ1) is 9.79. The topological polar surface area (TPSA) is 55.2 Å². The smallest absolute Gasteiger partial charge is 0.159 e. The van der Waals surface area contributed by atoms with E-state index in [0.717, 1.165) is 24.3 Å². The van der Waals surface area contributed by atoms with Crippen molar-refractivity contribution in [3.63, 3.8) is 0 Å². The fourth-order valence-corrected chi connectivity index (χ4v) is 1.89. The van der Waals surface area contributed by atoms with Gasteiger partial charge in [0, 0.05) is 5.56 Å². The summed E-state index contributed by atoms with van der Waals surface area (Å²) in [5.74, 6) is 1.53. The van der Waals surface area contributed by atoms with Crippen LogP contribution in [0.15, 0.2) is 36.7 Å². The van der Waals surface area contributed by atoms with E-state index in [9.17, 15) is 0 Å². The molecule has 20 heavy (non-hydrogen) atoms. The maximum Gasteiger partial charge on any atom is 0.159 e. The van der Waals surface area contributed by atoms with Gasteiger partial charge in [-0.1, -0.05) is 26.2 Å². The molecule has 0 aliphatic carbocycles. The summed E-state index contributed by atoms with van der Waals surface area (Å²) in [7, 11) is 0. The van der Waals surface area contributed by atoms with Crippen LogP contribution >= 0.6 is 0 Å². The van der Waals surface area contributed by atoms with E-state index < -0.39 is 0 Å². The number of hydrogen-bond donors (Lipinski definition) is 1. The van der Waals surface area contributed by atoms with Crippen LogP contribution in [-0.4, -0.2) is 21.7 Å². The Labute approximate surface area is 119 Å². The van der Waals surface area contributed by atoms with Crippen molar-refractivity contribution in [1.29, 1.82) is 0 Å². The second-order valence-electron chi connectivity index (χ2n) is 4.70. The third-order valence-electron chi connectivity index (χ3n) is 3.02. The molecule has 0 bridgehead atoms. The Bertz CT molecular complexity index is 509. The SMILES string of the molecule is CCCCCCOc1ccc(-c2ncc(O)cn2)cc1. The molecule has 4 heteroatoms. The van der Waals surface area contributed by atoms with Crippen molar-refractivity contribution in [2.45, 2.75) is 32.6 Å². The van der Waals surface area contributed by atoms with Crippen LogP contribution in [0.3, 0.4) is 0 Å². The summed E-state index contributed by atoms with van der Waals surface area (Å²) in [6.45, 7) is 2.96. The molecule has 0 aliphatic heterocycles. The number of unbranched alkanes of at least 4 members (excludes halogenated alkanes) is 3. The predicted molar refractivity (Wildman–Crippen MR) is 78.8 cm³/mol. The lowest BCUT2D eigenvalue weighted by Gasteiger charge is -2.06. The van der Waals surface area contributed by atoms with Gasteiger partial charge in [-0.2, -0.15) is 0 Å². The molecule has 1 heterocycles. The lowest BCUT2D eigenvalue weighted by molar-refractivity contribution is 0.305. The average molecular weight is 272 g/mol. The van der Waals surface area contributed by atoms with E-state index in [-0.39, 0.29) is 5.75 Å². The number of benzene rings is 1. The van der Waals surface area contributed by atoms with Crippen LogP contribution < -0.4 is 4.74 Å². The van der Waals surface area contributed by atoms with E-state index in [1.54, 1.807) is 0 Å². The van der Waals surface area contributed by atoms with Gasteiger partial charge in [-0.15, -0.1) is 0 Å². The zero-order valence-electron chi connectivity index (χ0n) is 11.7. The molecule has 2 rings (SSSR count). The number of hydrogen-bond acceptors (Lipinski definition) is 4. The minimum atomic E-state index is 0.0702. The Morgan fingerprint density at radius 1 is 1.00 bits per heavy atom. The van der Waals surface area contributed by atoms with Crippen molar-refractivity contribution < 1.29 is 9.84 Å². The monoisotopic (exact) mass is 272 g/mol. The molecule has 0 saturated heterocycles. The summed E-state index contributed by atoms with van der Waals surface area (Å²) >= 11 is 0. The highest BCUT2D eigenvalue weighted by atomic mass is 16.5. The standard InChI is InChI=1S/C16H20N2O2/c1-2-3-4-5-10-20-15-8-6-13(7-9-15)16-17-11-14(19)12-18-16/h6-9,11-12,19H,2-5,10H2,1H3. The molecule has 0 radical (unpaired) electrons. The molecular formula is C16H20N2O2. The van der Waals surface area contributed by atoms with E-state index in [4.69, 9.17) is 9.84 Å². The molecule has 1 aromatic carbocycles. The normalized spacial score (nSPS) is 10.4. The van der Waals surface area contributed by atoms with Crippen molar-refractivity contribution in [3.05, 3.63) is 36.7 Å². The highest BCUT2D eigenvalue weighted by Crippen LogP contribution is 2.20. The number of aromatic hydroxyl groups is 1. The van der Waals surface area contributed by atoms with Crippen LogP contribution in [-0.2, 0) is 0 Å². The summed E-state index contributed by atoms with van der Waals surface area (Å²) in [5.41, 5.74) is 0.906. The van der Waals surface area contributed by atoms with Crippen LogP contribution in [0.2, 0.25) is 0 Å². The van der Waals surface area contributed by atoms with E-state index in [2.05, 4.69) is 16.9 Å². The van der Waals surface area contributed by atoms with Crippen LogP contribution in [0.4, 0.5) is 0 Å². The highest BCUT2D eigenvalue weighted by molar-refractivity contribution is 5.56. The van der Waals surface area contributed by atoms with Crippen molar-refractivity contribution in [2.75, 3.05) is 6.61 Å². The van der Waals surface area contributed by atoms with Crippen molar-refractivity contribution in [3.8, 4) is 22.9 Å². The first-order valence-electron chi connectivity index (χ1n) is 7.04. The molecule has 0 atom stereocenters. The minimum Gasteiger partial charge on any atom is -0.505 e. The third-order valence-corrected chi connectivity index (χ3v) is 3.02. The Kier molecular flexibility index (Phi) is 5.35. The summed E-state index contributed by atoms with van der Waals surface area (Å²) in [4.78, 5) is 8.14. The number of nitrogens with zero attached hydrogens (tertiary/aromatic N) is 2. The van der Waals surface area contributed by atoms with E-state index in [1.807, 2.05) is 24.3 Å². The van der Waals surface area contributed by atoms with Crippen molar-refractivity contribution in [1.82, 2.24) is 9.97 Å². The molecule has 0 spiro atoms. The van der Waals surface area contributed by atoms with E-state index >= 15 is 0 Å². The van der Waals surface area contributed by atoms with Gasteiger partial charge in [0.25, 0.3) is 0 Å². The van der Waals surface area contributed by atoms with Gasteiger partial charge in [-0.3, -0.25) is 0 Å². The molecule has 106 valence electrons. The third kappa shape index (κ3) is 4.23. The fourth-order valence-electron chi connectivity index (χ4n) is 1.89. The van der Waals surface area contributed by atoms with Crippen molar-refractivity contribution >= 4 is 0 Å². The maximum absolute atomic E-state index is 9.16. The molecule has 2 aromatic rings. The molecule has 0 fully saturated rings. The molecular weight excluding hydrogens is 252 g/mol. The first-order valence-corrected chi connectivity index (χ1v) is 7.04. The summed E-state index contributed by atoms with van der Waals surface area (Å²) in [5, 5.41) is 9.16. The minimum absolute atomic E-state index is 0.0702. The van der Waals surface area contributed by atoms with Gasteiger partial charge in [0.05, 0.1) is 19.0 Å². The van der Waals surface area contributed by atoms with Gasteiger partial charge in [0.2, 0.25) is 0 Å². The van der Waals surface area contributed by atoms with Crippen LogP contribution in [0.25, 0.3) is 11.4 Å². The fraction of sp³-hybridized carbons (Fsp3) is 0.375. The number of aromatic nitrogens is 2.